The number of hydrogen-bond acceptors (Lipinski definition) is 4. The molecule has 0 aromatic carbocycles. The zero-order chi connectivity index (χ0) is 13.0. The van der Waals surface area contributed by atoms with Gasteiger partial charge in [0.2, 0.25) is 5.91 Å². The number of primary amides is 1. The fourth-order valence-corrected chi connectivity index (χ4v) is 2.25. The van der Waals surface area contributed by atoms with Crippen molar-refractivity contribution >= 4 is 27.7 Å². The third-order valence-corrected chi connectivity index (χ3v) is 3.78. The van der Waals surface area contributed by atoms with Crippen molar-refractivity contribution in [3.8, 4) is 0 Å². The number of aromatic nitrogens is 1. The van der Waals surface area contributed by atoms with Crippen molar-refractivity contribution in [2.24, 2.45) is 11.1 Å². The van der Waals surface area contributed by atoms with Gasteiger partial charge in [0.1, 0.15) is 5.82 Å². The number of carbonyl (C=O) groups is 1. The first-order chi connectivity index (χ1) is 8.62. The van der Waals surface area contributed by atoms with E-state index in [-0.39, 0.29) is 5.91 Å². The van der Waals surface area contributed by atoms with Gasteiger partial charge in [0, 0.05) is 30.4 Å². The van der Waals surface area contributed by atoms with Crippen LogP contribution in [0.2, 0.25) is 0 Å². The van der Waals surface area contributed by atoms with Gasteiger partial charge >= 0.3 is 0 Å². The minimum atomic E-state index is -0.521. The zero-order valence-corrected chi connectivity index (χ0v) is 11.6. The fraction of sp³-hybridized carbons (Fsp3) is 0.500. The van der Waals surface area contributed by atoms with Gasteiger partial charge in [-0.05, 0) is 40.9 Å². The Bertz CT molecular complexity index is 416. The summed E-state index contributed by atoms with van der Waals surface area (Å²) < 4.78 is 6.21. The number of nitrogens with one attached hydrogen (secondary N) is 1. The number of pyridine rings is 1. The number of halogens is 1. The van der Waals surface area contributed by atoms with Crippen molar-refractivity contribution in [2.45, 2.75) is 12.8 Å². The number of anilines is 1. The van der Waals surface area contributed by atoms with Crippen LogP contribution in [0.4, 0.5) is 5.82 Å². The maximum Gasteiger partial charge on any atom is 0.225 e. The molecular formula is C12H16BrN3O2. The first kappa shape index (κ1) is 13.3. The predicted molar refractivity (Wildman–Crippen MR) is 72.1 cm³/mol. The van der Waals surface area contributed by atoms with Crippen molar-refractivity contribution in [3.63, 3.8) is 0 Å². The van der Waals surface area contributed by atoms with Crippen LogP contribution >= 0.6 is 15.9 Å². The number of nitrogens with two attached hydrogens (primary N) is 1. The molecule has 1 saturated heterocycles. The van der Waals surface area contributed by atoms with E-state index >= 15 is 0 Å². The molecule has 1 aliphatic rings. The Kier molecular flexibility index (Phi) is 4.19. The monoisotopic (exact) mass is 313 g/mol. The highest BCUT2D eigenvalue weighted by Crippen LogP contribution is 2.30. The number of ether oxygens (including phenoxy) is 1. The van der Waals surface area contributed by atoms with Gasteiger partial charge in [-0.2, -0.15) is 0 Å². The van der Waals surface area contributed by atoms with Crippen LogP contribution in [-0.2, 0) is 9.53 Å². The van der Waals surface area contributed by atoms with Gasteiger partial charge in [0.15, 0.2) is 0 Å². The largest absolute Gasteiger partial charge is 0.381 e. The van der Waals surface area contributed by atoms with Gasteiger partial charge in [-0.25, -0.2) is 4.98 Å². The first-order valence-electron chi connectivity index (χ1n) is 5.85. The summed E-state index contributed by atoms with van der Waals surface area (Å²) >= 11 is 3.33. The standard InChI is InChI=1S/C12H16BrN3O2/c13-9-1-2-10(15-7-9)16-8-12(11(14)17)3-5-18-6-4-12/h1-2,7H,3-6,8H2,(H2,14,17)(H,15,16). The van der Waals surface area contributed by atoms with Crippen LogP contribution in [0.25, 0.3) is 0 Å². The second-order valence-electron chi connectivity index (χ2n) is 4.47. The highest BCUT2D eigenvalue weighted by atomic mass is 79.9. The molecule has 0 bridgehead atoms. The second-order valence-corrected chi connectivity index (χ2v) is 5.39. The van der Waals surface area contributed by atoms with Crippen molar-refractivity contribution < 1.29 is 9.53 Å². The van der Waals surface area contributed by atoms with Gasteiger partial charge < -0.3 is 15.8 Å². The summed E-state index contributed by atoms with van der Waals surface area (Å²) in [6.45, 7) is 1.66. The molecule has 5 nitrogen and oxygen atoms in total. The molecule has 1 aromatic heterocycles. The molecule has 1 aliphatic heterocycles. The molecule has 2 rings (SSSR count). The average Bonchev–Trinajstić information content (AvgIpc) is 2.39. The Morgan fingerprint density at radius 2 is 2.22 bits per heavy atom. The average molecular weight is 314 g/mol. The van der Waals surface area contributed by atoms with E-state index in [4.69, 9.17) is 10.5 Å². The van der Waals surface area contributed by atoms with Crippen LogP contribution in [0, 0.1) is 5.41 Å². The third-order valence-electron chi connectivity index (χ3n) is 3.31. The van der Waals surface area contributed by atoms with Gasteiger partial charge in [-0.3, -0.25) is 4.79 Å². The van der Waals surface area contributed by atoms with Crippen LogP contribution in [0.1, 0.15) is 12.8 Å². The Hall–Kier alpha value is -1.14. The summed E-state index contributed by atoms with van der Waals surface area (Å²) in [7, 11) is 0. The molecule has 6 heteroatoms. The topological polar surface area (TPSA) is 77.2 Å². The normalized spacial score (nSPS) is 18.3. The number of nitrogens with zero attached hydrogens (tertiary/aromatic N) is 1. The van der Waals surface area contributed by atoms with Crippen LogP contribution in [0.3, 0.4) is 0 Å². The van der Waals surface area contributed by atoms with E-state index in [0.717, 1.165) is 10.3 Å². The van der Waals surface area contributed by atoms with E-state index in [0.29, 0.717) is 32.6 Å². The molecule has 1 aromatic rings. The number of hydrogen-bond donors (Lipinski definition) is 2. The van der Waals surface area contributed by atoms with E-state index in [1.165, 1.54) is 0 Å². The quantitative estimate of drug-likeness (QED) is 0.884. The molecule has 1 amide bonds. The molecule has 18 heavy (non-hydrogen) atoms. The summed E-state index contributed by atoms with van der Waals surface area (Å²) in [5, 5.41) is 3.18. The smallest absolute Gasteiger partial charge is 0.225 e. The minimum Gasteiger partial charge on any atom is -0.381 e. The molecule has 1 fully saturated rings. The molecule has 0 saturated carbocycles. The molecule has 0 radical (unpaired) electrons. The lowest BCUT2D eigenvalue weighted by molar-refractivity contribution is -0.132. The van der Waals surface area contributed by atoms with Crippen molar-refractivity contribution in [3.05, 3.63) is 22.8 Å². The lowest BCUT2D eigenvalue weighted by Crippen LogP contribution is -2.46. The summed E-state index contributed by atoms with van der Waals surface area (Å²) in [6.07, 6.45) is 3.03. The van der Waals surface area contributed by atoms with E-state index in [2.05, 4.69) is 26.2 Å². The maximum absolute atomic E-state index is 11.7. The molecule has 0 atom stereocenters. The summed E-state index contributed by atoms with van der Waals surface area (Å²) in [4.78, 5) is 15.9. The summed E-state index contributed by atoms with van der Waals surface area (Å²) in [5.41, 5.74) is 5.01. The molecule has 0 spiro atoms. The highest BCUT2D eigenvalue weighted by molar-refractivity contribution is 9.10. The van der Waals surface area contributed by atoms with Crippen LogP contribution in [-0.4, -0.2) is 30.6 Å². The maximum atomic E-state index is 11.7. The van der Waals surface area contributed by atoms with Gasteiger partial charge in [0.25, 0.3) is 0 Å². The zero-order valence-electron chi connectivity index (χ0n) is 9.99. The van der Waals surface area contributed by atoms with Crippen LogP contribution < -0.4 is 11.1 Å². The Labute approximate surface area is 114 Å². The fourth-order valence-electron chi connectivity index (χ4n) is 2.01. The highest BCUT2D eigenvalue weighted by Gasteiger charge is 2.38. The van der Waals surface area contributed by atoms with E-state index in [1.807, 2.05) is 12.1 Å². The third kappa shape index (κ3) is 3.00. The van der Waals surface area contributed by atoms with Crippen LogP contribution in [0.5, 0.6) is 0 Å². The van der Waals surface area contributed by atoms with Crippen LogP contribution in [0.15, 0.2) is 22.8 Å². The second kappa shape index (κ2) is 5.67. The summed E-state index contributed by atoms with van der Waals surface area (Å²) in [5.74, 6) is 0.473. The lowest BCUT2D eigenvalue weighted by atomic mass is 9.79. The lowest BCUT2D eigenvalue weighted by Gasteiger charge is -2.34. The minimum absolute atomic E-state index is 0.268. The number of amides is 1. The molecule has 0 aliphatic carbocycles. The first-order valence-corrected chi connectivity index (χ1v) is 6.65. The Morgan fingerprint density at radius 3 is 2.78 bits per heavy atom. The predicted octanol–water partition coefficient (Wildman–Crippen LogP) is 1.54. The Morgan fingerprint density at radius 1 is 1.50 bits per heavy atom. The van der Waals surface area contributed by atoms with E-state index < -0.39 is 5.41 Å². The molecule has 3 N–H and O–H groups in total. The summed E-state index contributed by atoms with van der Waals surface area (Å²) in [6, 6.07) is 3.76. The van der Waals surface area contributed by atoms with Crippen molar-refractivity contribution in [1.82, 2.24) is 4.98 Å². The Balaban J connectivity index is 2.01. The number of carbonyl (C=O) groups excluding carboxylic acids is 1. The van der Waals surface area contributed by atoms with Gasteiger partial charge in [-0.15, -0.1) is 0 Å². The SMILES string of the molecule is NC(=O)C1(CNc2ccc(Br)cn2)CCOCC1. The van der Waals surface area contributed by atoms with Crippen molar-refractivity contribution in [2.75, 3.05) is 25.1 Å². The molecule has 2 heterocycles. The molecule has 0 unspecified atom stereocenters. The van der Waals surface area contributed by atoms with Gasteiger partial charge in [0.05, 0.1) is 5.41 Å². The van der Waals surface area contributed by atoms with Crippen molar-refractivity contribution in [1.29, 1.82) is 0 Å². The molecular weight excluding hydrogens is 298 g/mol. The van der Waals surface area contributed by atoms with Gasteiger partial charge in [-0.1, -0.05) is 0 Å². The molecule has 98 valence electrons. The van der Waals surface area contributed by atoms with E-state index in [1.54, 1.807) is 6.20 Å². The van der Waals surface area contributed by atoms with E-state index in [9.17, 15) is 4.79 Å². The number of rotatable bonds is 4.